The maximum Gasteiger partial charge on any atom is 0.149 e. The summed E-state index contributed by atoms with van der Waals surface area (Å²) in [6, 6.07) is 8.02. The van der Waals surface area contributed by atoms with Crippen LogP contribution in [-0.4, -0.2) is 44.4 Å². The van der Waals surface area contributed by atoms with Crippen LogP contribution in [0.1, 0.15) is 5.56 Å². The zero-order chi connectivity index (χ0) is 12.6. The van der Waals surface area contributed by atoms with E-state index in [2.05, 4.69) is 29.7 Å². The summed E-state index contributed by atoms with van der Waals surface area (Å²) in [5.74, 6) is 7.07. The first-order valence-corrected chi connectivity index (χ1v) is 6.30. The molecule has 0 amide bonds. The maximum absolute atomic E-state index is 5.56. The van der Waals surface area contributed by atoms with Crippen molar-refractivity contribution in [3.05, 3.63) is 29.8 Å². The summed E-state index contributed by atoms with van der Waals surface area (Å²) in [5.41, 5.74) is 1.20. The highest BCUT2D eigenvalue weighted by molar-refractivity contribution is 5.27. The highest BCUT2D eigenvalue weighted by atomic mass is 16.5. The minimum absolute atomic E-state index is 0.452. The molecule has 0 aliphatic carbocycles. The van der Waals surface area contributed by atoms with E-state index in [1.54, 1.807) is 0 Å². The number of hydrogen-bond donors (Lipinski definition) is 0. The first-order chi connectivity index (χ1) is 8.84. The van der Waals surface area contributed by atoms with E-state index in [4.69, 9.17) is 9.47 Å². The van der Waals surface area contributed by atoms with Gasteiger partial charge in [0.25, 0.3) is 0 Å². The second-order valence-electron chi connectivity index (χ2n) is 4.35. The first kappa shape index (κ1) is 12.9. The third-order valence-corrected chi connectivity index (χ3v) is 2.83. The molecule has 18 heavy (non-hydrogen) atoms. The summed E-state index contributed by atoms with van der Waals surface area (Å²) in [6.07, 6.45) is 0. The molecule has 1 aromatic carbocycles. The lowest BCUT2D eigenvalue weighted by molar-refractivity contribution is 0.0443. The third kappa shape index (κ3) is 4.40. The molecule has 2 rings (SSSR count). The number of nitrogens with zero attached hydrogens (tertiary/aromatic N) is 1. The zero-order valence-corrected chi connectivity index (χ0v) is 10.8. The molecule has 1 fully saturated rings. The number of hydrogen-bond acceptors (Lipinski definition) is 3. The van der Waals surface area contributed by atoms with Crippen LogP contribution in [0.2, 0.25) is 0 Å². The fourth-order valence-electron chi connectivity index (χ4n) is 1.80. The largest absolute Gasteiger partial charge is 0.481 e. The lowest BCUT2D eigenvalue weighted by Gasteiger charge is -2.24. The van der Waals surface area contributed by atoms with Crippen LogP contribution in [0.5, 0.6) is 5.75 Å². The van der Waals surface area contributed by atoms with Gasteiger partial charge in [0.1, 0.15) is 12.4 Å². The standard InChI is InChI=1S/C15H19NO2/c1-14-5-4-6-15(13-14)18-10-3-2-7-16-8-11-17-12-9-16/h4-6,13H,7-12H2,1H3. The Hall–Kier alpha value is -1.50. The van der Waals surface area contributed by atoms with Gasteiger partial charge in [-0.1, -0.05) is 24.0 Å². The van der Waals surface area contributed by atoms with Crippen molar-refractivity contribution in [2.24, 2.45) is 0 Å². The molecule has 0 saturated carbocycles. The van der Waals surface area contributed by atoms with Crippen LogP contribution >= 0.6 is 0 Å². The van der Waals surface area contributed by atoms with Gasteiger partial charge in [0.05, 0.1) is 19.8 Å². The fraction of sp³-hybridized carbons (Fsp3) is 0.467. The van der Waals surface area contributed by atoms with Gasteiger partial charge in [0.15, 0.2) is 0 Å². The Morgan fingerprint density at radius 2 is 2.11 bits per heavy atom. The average Bonchev–Trinajstić information content (AvgIpc) is 2.40. The normalized spacial score (nSPS) is 15.8. The van der Waals surface area contributed by atoms with Crippen LogP contribution in [0.15, 0.2) is 24.3 Å². The molecule has 96 valence electrons. The van der Waals surface area contributed by atoms with E-state index < -0.39 is 0 Å². The van der Waals surface area contributed by atoms with Crippen LogP contribution in [0, 0.1) is 18.8 Å². The molecule has 3 nitrogen and oxygen atoms in total. The highest BCUT2D eigenvalue weighted by Gasteiger charge is 2.07. The molecule has 1 saturated heterocycles. The number of ether oxygens (including phenoxy) is 2. The van der Waals surface area contributed by atoms with Gasteiger partial charge in [-0.15, -0.1) is 0 Å². The molecule has 3 heteroatoms. The van der Waals surface area contributed by atoms with Gasteiger partial charge < -0.3 is 9.47 Å². The molecular formula is C15H19NO2. The van der Waals surface area contributed by atoms with Crippen molar-refractivity contribution in [3.63, 3.8) is 0 Å². The van der Waals surface area contributed by atoms with Crippen LogP contribution in [0.25, 0.3) is 0 Å². The van der Waals surface area contributed by atoms with Gasteiger partial charge in [-0.05, 0) is 24.6 Å². The second kappa shape index (κ2) is 7.05. The minimum atomic E-state index is 0.452. The van der Waals surface area contributed by atoms with Crippen molar-refractivity contribution in [1.82, 2.24) is 4.90 Å². The number of rotatable bonds is 3. The minimum Gasteiger partial charge on any atom is -0.481 e. The van der Waals surface area contributed by atoms with Crippen molar-refractivity contribution in [1.29, 1.82) is 0 Å². The lowest BCUT2D eigenvalue weighted by Crippen LogP contribution is -2.36. The van der Waals surface area contributed by atoms with Gasteiger partial charge >= 0.3 is 0 Å². The van der Waals surface area contributed by atoms with Crippen LogP contribution in [0.4, 0.5) is 0 Å². The summed E-state index contributed by atoms with van der Waals surface area (Å²) in [5, 5.41) is 0. The van der Waals surface area contributed by atoms with E-state index >= 15 is 0 Å². The molecular weight excluding hydrogens is 226 g/mol. The van der Waals surface area contributed by atoms with Gasteiger partial charge in [-0.3, -0.25) is 4.90 Å². The molecule has 0 unspecified atom stereocenters. The second-order valence-corrected chi connectivity index (χ2v) is 4.35. The van der Waals surface area contributed by atoms with Crippen LogP contribution in [-0.2, 0) is 4.74 Å². The van der Waals surface area contributed by atoms with E-state index in [-0.39, 0.29) is 0 Å². The van der Waals surface area contributed by atoms with Crippen molar-refractivity contribution >= 4 is 0 Å². The molecule has 1 aliphatic heterocycles. The molecule has 0 N–H and O–H groups in total. The Morgan fingerprint density at radius 1 is 1.28 bits per heavy atom. The zero-order valence-electron chi connectivity index (χ0n) is 10.8. The molecule has 1 aliphatic rings. The molecule has 0 bridgehead atoms. The summed E-state index contributed by atoms with van der Waals surface area (Å²) in [7, 11) is 0. The lowest BCUT2D eigenvalue weighted by atomic mass is 10.2. The van der Waals surface area contributed by atoms with Crippen molar-refractivity contribution in [3.8, 4) is 17.6 Å². The summed E-state index contributed by atoms with van der Waals surface area (Å²) in [4.78, 5) is 2.29. The monoisotopic (exact) mass is 245 g/mol. The molecule has 1 heterocycles. The number of morpholine rings is 1. The van der Waals surface area contributed by atoms with E-state index in [1.165, 1.54) is 5.56 Å². The van der Waals surface area contributed by atoms with Gasteiger partial charge in [-0.2, -0.15) is 0 Å². The Kier molecular flexibility index (Phi) is 5.07. The number of aryl methyl sites for hydroxylation is 1. The maximum atomic E-state index is 5.56. The highest BCUT2D eigenvalue weighted by Crippen LogP contribution is 2.11. The summed E-state index contributed by atoms with van der Waals surface area (Å²) in [6.45, 7) is 6.91. The fourth-order valence-corrected chi connectivity index (χ4v) is 1.80. The van der Waals surface area contributed by atoms with Gasteiger partial charge in [-0.25, -0.2) is 0 Å². The average molecular weight is 245 g/mol. The van der Waals surface area contributed by atoms with Crippen molar-refractivity contribution in [2.45, 2.75) is 6.92 Å². The van der Waals surface area contributed by atoms with Crippen molar-refractivity contribution in [2.75, 3.05) is 39.5 Å². The van der Waals surface area contributed by atoms with Gasteiger partial charge in [0, 0.05) is 13.1 Å². The first-order valence-electron chi connectivity index (χ1n) is 6.30. The topological polar surface area (TPSA) is 21.7 Å². The summed E-state index contributed by atoms with van der Waals surface area (Å²) < 4.78 is 10.8. The Morgan fingerprint density at radius 3 is 2.89 bits per heavy atom. The Bertz CT molecular complexity index is 428. The van der Waals surface area contributed by atoms with Crippen LogP contribution < -0.4 is 4.74 Å². The Balaban J connectivity index is 1.68. The molecule has 0 aromatic heterocycles. The number of benzene rings is 1. The molecule has 0 atom stereocenters. The van der Waals surface area contributed by atoms with Crippen molar-refractivity contribution < 1.29 is 9.47 Å². The van der Waals surface area contributed by atoms with E-state index in [0.29, 0.717) is 6.61 Å². The van der Waals surface area contributed by atoms with Crippen LogP contribution in [0.3, 0.4) is 0 Å². The quantitative estimate of drug-likeness (QED) is 0.757. The third-order valence-electron chi connectivity index (χ3n) is 2.83. The Labute approximate surface area is 109 Å². The predicted molar refractivity (Wildman–Crippen MR) is 71.7 cm³/mol. The molecule has 0 radical (unpaired) electrons. The summed E-state index contributed by atoms with van der Waals surface area (Å²) >= 11 is 0. The predicted octanol–water partition coefficient (Wildman–Crippen LogP) is 1.71. The molecule has 1 aromatic rings. The smallest absolute Gasteiger partial charge is 0.149 e. The molecule has 0 spiro atoms. The van der Waals surface area contributed by atoms with E-state index in [0.717, 1.165) is 38.6 Å². The van der Waals surface area contributed by atoms with Gasteiger partial charge in [0.2, 0.25) is 0 Å². The van der Waals surface area contributed by atoms with E-state index in [1.807, 2.05) is 18.2 Å². The van der Waals surface area contributed by atoms with E-state index in [9.17, 15) is 0 Å². The SMILES string of the molecule is Cc1cccc(OCC#CCN2CCOCC2)c1.